The highest BCUT2D eigenvalue weighted by atomic mass is 19.1. The summed E-state index contributed by atoms with van der Waals surface area (Å²) in [6, 6.07) is 6.83. The lowest BCUT2D eigenvalue weighted by Gasteiger charge is -2.19. The molecular formula is C20H22FNO2. The van der Waals surface area contributed by atoms with Crippen LogP contribution in [0.15, 0.2) is 30.5 Å². The second-order valence-electron chi connectivity index (χ2n) is 7.61. The zero-order valence-corrected chi connectivity index (χ0v) is 13.8. The van der Waals surface area contributed by atoms with E-state index in [-0.39, 0.29) is 11.7 Å². The Balaban J connectivity index is 1.56. The Bertz CT molecular complexity index is 776. The fourth-order valence-electron chi connectivity index (χ4n) is 5.02. The van der Waals surface area contributed by atoms with Crippen LogP contribution in [0.5, 0.6) is 0 Å². The highest BCUT2D eigenvalue weighted by Crippen LogP contribution is 2.54. The first-order valence-corrected chi connectivity index (χ1v) is 8.80. The van der Waals surface area contributed by atoms with Crippen molar-refractivity contribution in [2.24, 2.45) is 23.7 Å². The number of rotatable bonds is 3. The van der Waals surface area contributed by atoms with Gasteiger partial charge in [-0.15, -0.1) is 0 Å². The normalized spacial score (nSPS) is 30.4. The van der Waals surface area contributed by atoms with Crippen LogP contribution in [0, 0.1) is 29.5 Å². The smallest absolute Gasteiger partial charge is 0.306 e. The lowest BCUT2D eigenvalue weighted by atomic mass is 9.86. The Kier molecular flexibility index (Phi) is 3.78. The summed E-state index contributed by atoms with van der Waals surface area (Å²) in [5.41, 5.74) is 2.06. The largest absolute Gasteiger partial charge is 0.481 e. The van der Waals surface area contributed by atoms with Crippen molar-refractivity contribution in [2.45, 2.75) is 38.5 Å². The molecule has 5 atom stereocenters. The van der Waals surface area contributed by atoms with Crippen LogP contribution >= 0.6 is 0 Å². The molecule has 0 bridgehead atoms. The molecule has 1 heterocycles. The van der Waals surface area contributed by atoms with Gasteiger partial charge in [-0.1, -0.05) is 6.92 Å². The number of hydrogen-bond donors (Lipinski definition) is 1. The van der Waals surface area contributed by atoms with Gasteiger partial charge in [-0.25, -0.2) is 4.39 Å². The van der Waals surface area contributed by atoms with E-state index in [2.05, 4.69) is 4.98 Å². The summed E-state index contributed by atoms with van der Waals surface area (Å²) in [6.07, 6.45) is 6.03. The van der Waals surface area contributed by atoms with Gasteiger partial charge < -0.3 is 5.11 Å². The summed E-state index contributed by atoms with van der Waals surface area (Å²) in [5, 5.41) is 10.2. The molecule has 1 aromatic heterocycles. The lowest BCUT2D eigenvalue weighted by Crippen LogP contribution is -2.19. The number of carboxylic acids is 1. The number of carbonyl (C=O) groups is 1. The van der Waals surface area contributed by atoms with Crippen LogP contribution in [-0.4, -0.2) is 16.1 Å². The molecule has 1 aromatic carbocycles. The van der Waals surface area contributed by atoms with E-state index in [0.717, 1.165) is 36.6 Å². The molecule has 0 saturated heterocycles. The second kappa shape index (κ2) is 5.83. The maximum absolute atomic E-state index is 13.7. The SMILES string of the molecule is C[C@@H](C(=O)O)C1CC2CC(c3ccnc4ccc(F)cc34)C[C@@H]2C1. The van der Waals surface area contributed by atoms with Gasteiger partial charge >= 0.3 is 5.97 Å². The summed E-state index contributed by atoms with van der Waals surface area (Å²) in [7, 11) is 0. The van der Waals surface area contributed by atoms with Crippen LogP contribution in [0.2, 0.25) is 0 Å². The molecule has 4 rings (SSSR count). The Morgan fingerprint density at radius 3 is 2.58 bits per heavy atom. The molecule has 3 nitrogen and oxygen atoms in total. The van der Waals surface area contributed by atoms with Gasteiger partial charge in [-0.3, -0.25) is 9.78 Å². The van der Waals surface area contributed by atoms with Gasteiger partial charge in [0.25, 0.3) is 0 Å². The van der Waals surface area contributed by atoms with Gasteiger partial charge in [0.05, 0.1) is 11.4 Å². The average molecular weight is 327 g/mol. The van der Waals surface area contributed by atoms with Crippen molar-refractivity contribution in [3.63, 3.8) is 0 Å². The maximum atomic E-state index is 13.7. The minimum Gasteiger partial charge on any atom is -0.481 e. The zero-order chi connectivity index (χ0) is 16.8. The molecule has 24 heavy (non-hydrogen) atoms. The van der Waals surface area contributed by atoms with E-state index in [0.29, 0.717) is 23.7 Å². The molecule has 1 N–H and O–H groups in total. The van der Waals surface area contributed by atoms with Crippen LogP contribution in [0.1, 0.15) is 44.1 Å². The Morgan fingerprint density at radius 2 is 1.92 bits per heavy atom. The highest BCUT2D eigenvalue weighted by molar-refractivity contribution is 5.82. The summed E-state index contributed by atoms with van der Waals surface area (Å²) in [5.74, 6) is 0.831. The number of nitrogens with zero attached hydrogens (tertiary/aromatic N) is 1. The third-order valence-corrected chi connectivity index (χ3v) is 6.33. The van der Waals surface area contributed by atoms with Gasteiger partial charge in [0.2, 0.25) is 0 Å². The predicted molar refractivity (Wildman–Crippen MR) is 90.2 cm³/mol. The van der Waals surface area contributed by atoms with Crippen LogP contribution < -0.4 is 0 Å². The first-order valence-electron chi connectivity index (χ1n) is 8.80. The van der Waals surface area contributed by atoms with Gasteiger partial charge in [-0.2, -0.15) is 0 Å². The van der Waals surface area contributed by atoms with Crippen molar-refractivity contribution >= 4 is 16.9 Å². The molecule has 4 heteroatoms. The molecular weight excluding hydrogens is 305 g/mol. The topological polar surface area (TPSA) is 50.2 Å². The molecule has 0 spiro atoms. The number of carboxylic acid groups (broad SMARTS) is 1. The van der Waals surface area contributed by atoms with Crippen molar-refractivity contribution in [1.29, 1.82) is 0 Å². The van der Waals surface area contributed by atoms with Gasteiger partial charge in [0.15, 0.2) is 0 Å². The third kappa shape index (κ3) is 2.58. The molecule has 126 valence electrons. The van der Waals surface area contributed by atoms with Crippen molar-refractivity contribution in [2.75, 3.05) is 0 Å². The van der Waals surface area contributed by atoms with Crippen LogP contribution in [0.4, 0.5) is 4.39 Å². The summed E-state index contributed by atoms with van der Waals surface area (Å²) < 4.78 is 13.7. The minimum absolute atomic E-state index is 0.217. The number of aliphatic carboxylic acids is 1. The Hall–Kier alpha value is -1.97. The zero-order valence-electron chi connectivity index (χ0n) is 13.8. The van der Waals surface area contributed by atoms with Gasteiger partial charge in [-0.05, 0) is 79.2 Å². The predicted octanol–water partition coefficient (Wildman–Crippen LogP) is 4.61. The molecule has 2 saturated carbocycles. The van der Waals surface area contributed by atoms with E-state index in [1.165, 1.54) is 11.6 Å². The molecule has 2 fully saturated rings. The van der Waals surface area contributed by atoms with Crippen LogP contribution in [-0.2, 0) is 4.79 Å². The number of halogens is 1. The maximum Gasteiger partial charge on any atom is 0.306 e. The third-order valence-electron chi connectivity index (χ3n) is 6.33. The quantitative estimate of drug-likeness (QED) is 0.895. The molecule has 2 aliphatic rings. The number of benzene rings is 1. The van der Waals surface area contributed by atoms with Crippen molar-refractivity contribution in [1.82, 2.24) is 4.98 Å². The molecule has 0 aliphatic heterocycles. The van der Waals surface area contributed by atoms with E-state index in [1.807, 2.05) is 19.2 Å². The van der Waals surface area contributed by atoms with E-state index in [4.69, 9.17) is 0 Å². The first-order chi connectivity index (χ1) is 11.5. The molecule has 3 unspecified atom stereocenters. The summed E-state index contributed by atoms with van der Waals surface area (Å²) in [6.45, 7) is 1.84. The minimum atomic E-state index is -0.674. The van der Waals surface area contributed by atoms with E-state index >= 15 is 0 Å². The number of hydrogen-bond acceptors (Lipinski definition) is 2. The van der Waals surface area contributed by atoms with Crippen molar-refractivity contribution in [3.8, 4) is 0 Å². The van der Waals surface area contributed by atoms with Crippen LogP contribution in [0.3, 0.4) is 0 Å². The molecule has 2 aliphatic carbocycles. The molecule has 0 radical (unpaired) electrons. The van der Waals surface area contributed by atoms with Crippen molar-refractivity contribution in [3.05, 3.63) is 41.8 Å². The molecule has 0 amide bonds. The number of aromatic nitrogens is 1. The number of fused-ring (bicyclic) bond motifs is 2. The first kappa shape index (κ1) is 15.6. The standard InChI is InChI=1S/C20H22FNO2/c1-11(20(23)24)12-6-13-8-15(9-14(13)7-12)17-4-5-22-19-3-2-16(21)10-18(17)19/h2-5,10-15H,6-9H2,1H3,(H,23,24)/t11-,12?,13+,14?,15?/m1/s1. The Labute approximate surface area is 140 Å². The monoisotopic (exact) mass is 327 g/mol. The second-order valence-corrected chi connectivity index (χ2v) is 7.61. The fourth-order valence-corrected chi connectivity index (χ4v) is 5.02. The van der Waals surface area contributed by atoms with Crippen molar-refractivity contribution < 1.29 is 14.3 Å². The van der Waals surface area contributed by atoms with E-state index < -0.39 is 5.97 Å². The van der Waals surface area contributed by atoms with E-state index in [9.17, 15) is 14.3 Å². The van der Waals surface area contributed by atoms with E-state index in [1.54, 1.807) is 12.1 Å². The Morgan fingerprint density at radius 1 is 1.21 bits per heavy atom. The van der Waals surface area contributed by atoms with Gasteiger partial charge in [0.1, 0.15) is 5.82 Å². The highest BCUT2D eigenvalue weighted by Gasteiger charge is 2.44. The molecule has 2 aromatic rings. The summed E-state index contributed by atoms with van der Waals surface area (Å²) >= 11 is 0. The fraction of sp³-hybridized carbons (Fsp3) is 0.500. The van der Waals surface area contributed by atoms with Crippen LogP contribution in [0.25, 0.3) is 10.9 Å². The average Bonchev–Trinajstić information content (AvgIpc) is 3.12. The summed E-state index contributed by atoms with van der Waals surface area (Å²) in [4.78, 5) is 15.6. The van der Waals surface area contributed by atoms with Gasteiger partial charge in [0, 0.05) is 11.6 Å². The lowest BCUT2D eigenvalue weighted by molar-refractivity contribution is -0.142. The number of pyridine rings is 1.